The summed E-state index contributed by atoms with van der Waals surface area (Å²) in [5.41, 5.74) is 0.881. The molecule has 8 heteroatoms. The number of aliphatic hydroxyl groups is 3. The summed E-state index contributed by atoms with van der Waals surface area (Å²) in [5, 5.41) is 31.2. The molecule has 1 unspecified atom stereocenters. The van der Waals surface area contributed by atoms with Gasteiger partial charge >= 0.3 is 0 Å². The van der Waals surface area contributed by atoms with Gasteiger partial charge in [-0.25, -0.2) is 0 Å². The van der Waals surface area contributed by atoms with E-state index in [1.807, 2.05) is 30.3 Å². The van der Waals surface area contributed by atoms with Crippen LogP contribution in [-0.4, -0.2) is 67.5 Å². The molecule has 0 saturated carbocycles. The summed E-state index contributed by atoms with van der Waals surface area (Å²) >= 11 is 0. The molecule has 3 N–H and O–H groups in total. The molecule has 1 fully saturated rings. The van der Waals surface area contributed by atoms with Gasteiger partial charge in [0.2, 0.25) is 0 Å². The summed E-state index contributed by atoms with van der Waals surface area (Å²) in [6.07, 6.45) is -5.31. The average Bonchev–Trinajstić information content (AvgIpc) is 2.64. The molecule has 2 rings (SSSR count). The fraction of sp³-hybridized carbons (Fsp3) is 0.667. The van der Waals surface area contributed by atoms with E-state index in [1.165, 1.54) is 0 Å². The first kappa shape index (κ1) is 21.4. The predicted octanol–water partition coefficient (Wildman–Crippen LogP) is 0.532. The lowest BCUT2D eigenvalue weighted by atomic mass is 9.98. The van der Waals surface area contributed by atoms with Crippen LogP contribution in [0.2, 0.25) is 0 Å². The van der Waals surface area contributed by atoms with Gasteiger partial charge in [0, 0.05) is 5.75 Å². The quantitative estimate of drug-likeness (QED) is 0.597. The van der Waals surface area contributed by atoms with E-state index >= 15 is 0 Å². The van der Waals surface area contributed by atoms with Gasteiger partial charge < -0.3 is 29.5 Å². The molecular formula is C18H28O7S. The number of hydrogen-bond donors (Lipinski definition) is 3. The molecule has 0 radical (unpaired) electrons. The third-order valence-electron chi connectivity index (χ3n) is 4.22. The van der Waals surface area contributed by atoms with E-state index in [0.29, 0.717) is 0 Å². The number of benzene rings is 1. The topological polar surface area (TPSA) is 105 Å². The maximum absolute atomic E-state index is 12.6. The molecule has 26 heavy (non-hydrogen) atoms. The fourth-order valence-corrected chi connectivity index (χ4v) is 4.23. The molecule has 0 aromatic heterocycles. The summed E-state index contributed by atoms with van der Waals surface area (Å²) in [5.74, 6) is 0.106. The highest BCUT2D eigenvalue weighted by atomic mass is 32.2. The largest absolute Gasteiger partial charge is 0.394 e. The van der Waals surface area contributed by atoms with Crippen LogP contribution in [0.1, 0.15) is 26.3 Å². The number of aliphatic hydroxyl groups excluding tert-OH is 2. The summed E-state index contributed by atoms with van der Waals surface area (Å²) in [7, 11) is -1.84. The van der Waals surface area contributed by atoms with Crippen LogP contribution >= 0.6 is 0 Å². The zero-order valence-corrected chi connectivity index (χ0v) is 16.1. The SMILES string of the molecule is CCS(=O)[C@]1(O)[C@H](O)[C@@H](CO)O[C@H](OCc2ccccc2)[C@H]1OC(C)C. The molecule has 1 heterocycles. The lowest BCUT2D eigenvalue weighted by Crippen LogP contribution is -2.70. The number of hydrogen-bond acceptors (Lipinski definition) is 7. The van der Waals surface area contributed by atoms with Gasteiger partial charge in [-0.2, -0.15) is 0 Å². The number of rotatable bonds is 8. The second-order valence-corrected chi connectivity index (χ2v) is 8.38. The second-order valence-electron chi connectivity index (χ2n) is 6.46. The normalized spacial score (nSPS) is 33.3. The summed E-state index contributed by atoms with van der Waals surface area (Å²) in [6, 6.07) is 9.36. The Morgan fingerprint density at radius 1 is 1.31 bits per heavy atom. The molecule has 6 atom stereocenters. The zero-order chi connectivity index (χ0) is 19.3. The predicted molar refractivity (Wildman–Crippen MR) is 96.6 cm³/mol. The molecule has 1 saturated heterocycles. The maximum Gasteiger partial charge on any atom is 0.199 e. The molecule has 7 nitrogen and oxygen atoms in total. The van der Waals surface area contributed by atoms with Crippen molar-refractivity contribution in [2.45, 2.75) is 63.0 Å². The van der Waals surface area contributed by atoms with E-state index in [0.717, 1.165) is 5.56 Å². The van der Waals surface area contributed by atoms with Crippen LogP contribution in [0.15, 0.2) is 30.3 Å². The van der Waals surface area contributed by atoms with Crippen LogP contribution in [0, 0.1) is 0 Å². The Bertz CT molecular complexity index is 582. The van der Waals surface area contributed by atoms with Gasteiger partial charge in [0.05, 0.1) is 30.1 Å². The second kappa shape index (κ2) is 9.36. The Kier molecular flexibility index (Phi) is 7.72. The van der Waals surface area contributed by atoms with E-state index in [2.05, 4.69) is 0 Å². The minimum Gasteiger partial charge on any atom is -0.394 e. The van der Waals surface area contributed by atoms with E-state index in [1.54, 1.807) is 20.8 Å². The van der Waals surface area contributed by atoms with Crippen molar-refractivity contribution in [3.63, 3.8) is 0 Å². The van der Waals surface area contributed by atoms with Crippen LogP contribution in [0.4, 0.5) is 0 Å². The standard InChI is InChI=1S/C18H28O7S/c1-4-26(22)18(21)15(20)14(10-19)25-17(16(18)24-12(2)3)23-11-13-8-6-5-7-9-13/h5-9,12,14-17,19-21H,4,10-11H2,1-3H3/t14-,15-,16-,17+,18-,26?/m1/s1. The maximum atomic E-state index is 12.6. The van der Waals surface area contributed by atoms with Crippen molar-refractivity contribution in [2.24, 2.45) is 0 Å². The Morgan fingerprint density at radius 3 is 2.50 bits per heavy atom. The van der Waals surface area contributed by atoms with Crippen molar-refractivity contribution in [2.75, 3.05) is 12.4 Å². The molecule has 1 aliphatic rings. The molecule has 0 amide bonds. The minimum absolute atomic E-state index is 0.106. The highest BCUT2D eigenvalue weighted by Crippen LogP contribution is 2.36. The van der Waals surface area contributed by atoms with Crippen LogP contribution in [0.25, 0.3) is 0 Å². The molecular weight excluding hydrogens is 360 g/mol. The molecule has 1 aromatic rings. The van der Waals surface area contributed by atoms with Gasteiger partial charge in [-0.1, -0.05) is 37.3 Å². The molecule has 1 aliphatic heterocycles. The Labute approximate surface area is 156 Å². The molecule has 0 spiro atoms. The Hall–Kier alpha value is -0.870. The van der Waals surface area contributed by atoms with Crippen molar-refractivity contribution in [1.29, 1.82) is 0 Å². The first-order valence-corrected chi connectivity index (χ1v) is 10.0. The third-order valence-corrected chi connectivity index (χ3v) is 5.95. The van der Waals surface area contributed by atoms with E-state index in [-0.39, 0.29) is 18.5 Å². The van der Waals surface area contributed by atoms with Crippen molar-refractivity contribution in [3.05, 3.63) is 35.9 Å². The molecule has 148 valence electrons. The molecule has 1 aromatic carbocycles. The summed E-state index contributed by atoms with van der Waals surface area (Å²) in [4.78, 5) is -2.12. The van der Waals surface area contributed by atoms with Crippen molar-refractivity contribution in [1.82, 2.24) is 0 Å². The van der Waals surface area contributed by atoms with E-state index in [9.17, 15) is 19.5 Å². The summed E-state index contributed by atoms with van der Waals surface area (Å²) in [6.45, 7) is 4.77. The Balaban J connectivity index is 2.31. The lowest BCUT2D eigenvalue weighted by Gasteiger charge is -2.49. The van der Waals surface area contributed by atoms with Gasteiger partial charge in [-0.05, 0) is 19.4 Å². The van der Waals surface area contributed by atoms with Crippen LogP contribution in [0.5, 0.6) is 0 Å². The first-order valence-electron chi connectivity index (χ1n) is 8.70. The third kappa shape index (κ3) is 4.51. The van der Waals surface area contributed by atoms with E-state index in [4.69, 9.17) is 14.2 Å². The smallest absolute Gasteiger partial charge is 0.199 e. The van der Waals surface area contributed by atoms with Crippen LogP contribution in [-0.2, 0) is 31.6 Å². The van der Waals surface area contributed by atoms with Gasteiger partial charge in [0.15, 0.2) is 17.3 Å². The highest BCUT2D eigenvalue weighted by molar-refractivity contribution is 7.86. The first-order chi connectivity index (χ1) is 12.3. The molecule has 0 aliphatic carbocycles. The summed E-state index contributed by atoms with van der Waals surface area (Å²) < 4.78 is 29.8. The van der Waals surface area contributed by atoms with E-state index < -0.39 is 46.9 Å². The van der Waals surface area contributed by atoms with Crippen molar-refractivity contribution >= 4 is 10.8 Å². The average molecular weight is 388 g/mol. The fourth-order valence-electron chi connectivity index (χ4n) is 2.92. The van der Waals surface area contributed by atoms with Crippen LogP contribution < -0.4 is 0 Å². The zero-order valence-electron chi connectivity index (χ0n) is 15.3. The van der Waals surface area contributed by atoms with Crippen LogP contribution in [0.3, 0.4) is 0 Å². The minimum atomic E-state index is -2.12. The van der Waals surface area contributed by atoms with Gasteiger partial charge in [-0.3, -0.25) is 4.21 Å². The molecule has 0 bridgehead atoms. The van der Waals surface area contributed by atoms with Crippen molar-refractivity contribution in [3.8, 4) is 0 Å². The van der Waals surface area contributed by atoms with Gasteiger partial charge in [-0.15, -0.1) is 0 Å². The van der Waals surface area contributed by atoms with Crippen molar-refractivity contribution < 1.29 is 33.7 Å². The monoisotopic (exact) mass is 388 g/mol. The highest BCUT2D eigenvalue weighted by Gasteiger charge is 2.60. The lowest BCUT2D eigenvalue weighted by molar-refractivity contribution is -0.327. The number of ether oxygens (including phenoxy) is 3. The van der Waals surface area contributed by atoms with Gasteiger partial charge in [0.1, 0.15) is 12.2 Å². The Morgan fingerprint density at radius 2 is 1.96 bits per heavy atom. The van der Waals surface area contributed by atoms with Gasteiger partial charge in [0.25, 0.3) is 0 Å².